The number of hydrogen-bond acceptors (Lipinski definition) is 10. The van der Waals surface area contributed by atoms with Crippen LogP contribution in [-0.4, -0.2) is 97.2 Å². The molecule has 4 aliphatic carbocycles. The van der Waals surface area contributed by atoms with Crippen LogP contribution in [0, 0.1) is 34.5 Å². The number of ether oxygens (including phenoxy) is 3. The van der Waals surface area contributed by atoms with Crippen LogP contribution in [0.5, 0.6) is 0 Å². The molecule has 0 radical (unpaired) electrons. The van der Waals surface area contributed by atoms with Crippen LogP contribution in [0.1, 0.15) is 52.4 Å². The van der Waals surface area contributed by atoms with Crippen LogP contribution < -0.4 is 0 Å². The molecule has 2 saturated heterocycles. The maximum absolute atomic E-state index is 13.6. The molecule has 0 aromatic carbocycles. The zero-order chi connectivity index (χ0) is 26.0. The highest BCUT2D eigenvalue weighted by atomic mass is 16.7. The molecule has 4 saturated carbocycles. The van der Waals surface area contributed by atoms with E-state index in [2.05, 4.69) is 0 Å². The average molecular weight is 513 g/mol. The lowest BCUT2D eigenvalue weighted by molar-refractivity contribution is -0.322. The Morgan fingerprint density at radius 2 is 1.83 bits per heavy atom. The van der Waals surface area contributed by atoms with Crippen molar-refractivity contribution < 1.29 is 54.4 Å². The molecule has 36 heavy (non-hydrogen) atoms. The fourth-order valence-electron chi connectivity index (χ4n) is 9.62. The second kappa shape index (κ2) is 7.62. The first kappa shape index (κ1) is 25.0. The summed E-state index contributed by atoms with van der Waals surface area (Å²) in [6.07, 6.45) is -5.25. The molecule has 14 atom stereocenters. The van der Waals surface area contributed by atoms with Gasteiger partial charge in [-0.3, -0.25) is 9.59 Å². The van der Waals surface area contributed by atoms with Gasteiger partial charge in [-0.25, -0.2) is 0 Å². The normalized spacial score (nSPS) is 59.4. The lowest BCUT2D eigenvalue weighted by atomic mass is 9.58. The van der Waals surface area contributed by atoms with E-state index in [4.69, 9.17) is 14.2 Å². The Kier molecular flexibility index (Phi) is 5.28. The summed E-state index contributed by atoms with van der Waals surface area (Å²) in [5, 5.41) is 62.1. The van der Waals surface area contributed by atoms with Gasteiger partial charge in [-0.2, -0.15) is 0 Å². The second-order valence-corrected chi connectivity index (χ2v) is 12.6. The zero-order valence-corrected chi connectivity index (χ0v) is 20.4. The van der Waals surface area contributed by atoms with Crippen molar-refractivity contribution in [3.63, 3.8) is 0 Å². The minimum atomic E-state index is -1.64. The number of aliphatic hydroxyl groups is 5. The van der Waals surface area contributed by atoms with Crippen molar-refractivity contribution in [2.75, 3.05) is 6.61 Å². The fraction of sp³-hybridized carbons (Fsp3) is 0.920. The van der Waals surface area contributed by atoms with E-state index in [1.807, 2.05) is 0 Å². The predicted molar refractivity (Wildman–Crippen MR) is 118 cm³/mol. The summed E-state index contributed by atoms with van der Waals surface area (Å²) in [5.41, 5.74) is -4.00. The van der Waals surface area contributed by atoms with Gasteiger partial charge in [-0.1, -0.05) is 0 Å². The van der Waals surface area contributed by atoms with Gasteiger partial charge in [0.2, 0.25) is 0 Å². The molecule has 6 aliphatic rings. The number of carbonyl (C=O) groups excluding carboxylic acids is 1. The molecule has 0 aromatic heterocycles. The second-order valence-electron chi connectivity index (χ2n) is 12.6. The molecule has 6 rings (SSSR count). The van der Waals surface area contributed by atoms with E-state index in [0.29, 0.717) is 32.1 Å². The summed E-state index contributed by atoms with van der Waals surface area (Å²) in [5.74, 6) is -3.36. The first-order chi connectivity index (χ1) is 16.8. The van der Waals surface area contributed by atoms with Crippen molar-refractivity contribution in [3.05, 3.63) is 0 Å². The molecular weight excluding hydrogens is 476 g/mol. The van der Waals surface area contributed by atoms with E-state index < -0.39 is 89.2 Å². The summed E-state index contributed by atoms with van der Waals surface area (Å²) in [6, 6.07) is 0. The quantitative estimate of drug-likeness (QED) is 0.258. The van der Waals surface area contributed by atoms with E-state index in [-0.39, 0.29) is 11.8 Å². The monoisotopic (exact) mass is 512 g/mol. The Balaban J connectivity index is 1.38. The number of aliphatic carboxylic acids is 1. The Morgan fingerprint density at radius 3 is 2.50 bits per heavy atom. The van der Waals surface area contributed by atoms with E-state index in [9.17, 15) is 40.2 Å². The van der Waals surface area contributed by atoms with Gasteiger partial charge in [0.1, 0.15) is 30.0 Å². The average Bonchev–Trinajstić information content (AvgIpc) is 3.24. The van der Waals surface area contributed by atoms with Crippen LogP contribution in [0.2, 0.25) is 0 Å². The van der Waals surface area contributed by atoms with Crippen molar-refractivity contribution >= 4 is 11.9 Å². The highest BCUT2D eigenvalue weighted by Gasteiger charge is 2.84. The fourth-order valence-corrected chi connectivity index (χ4v) is 9.62. The largest absolute Gasteiger partial charge is 0.481 e. The standard InChI is InChI=1S/C25H36O11/c1-22(33)9-24-7-10(22)3-4-12(24)25-6-5-13(23(2,21(32)36-25)18(25)14(24)19(30)31)35-20-17(29)16(28)15(27)11(8-26)34-20/h10-18,20,26-29,33H,3-9H2,1-2H3,(H,30,31)/t10-,11-,12-,13+,14-,15-,16+,17?,18-,20+,22-,23-,24-,25-/m1/s1. The van der Waals surface area contributed by atoms with Gasteiger partial charge in [0, 0.05) is 11.8 Å². The summed E-state index contributed by atoms with van der Waals surface area (Å²) >= 11 is 0. The summed E-state index contributed by atoms with van der Waals surface area (Å²) < 4.78 is 17.8. The molecule has 2 aliphatic heterocycles. The number of hydrogen-bond donors (Lipinski definition) is 6. The molecule has 11 heteroatoms. The van der Waals surface area contributed by atoms with Crippen molar-refractivity contribution in [3.8, 4) is 0 Å². The smallest absolute Gasteiger partial charge is 0.315 e. The van der Waals surface area contributed by atoms with Gasteiger partial charge in [-0.05, 0) is 63.7 Å². The van der Waals surface area contributed by atoms with Crippen LogP contribution in [0.4, 0.5) is 0 Å². The van der Waals surface area contributed by atoms with E-state index in [1.165, 1.54) is 0 Å². The first-order valence-corrected chi connectivity index (χ1v) is 13.0. The van der Waals surface area contributed by atoms with Crippen molar-refractivity contribution in [1.82, 2.24) is 0 Å². The van der Waals surface area contributed by atoms with Crippen LogP contribution in [0.25, 0.3) is 0 Å². The highest BCUT2D eigenvalue weighted by Crippen LogP contribution is 2.78. The van der Waals surface area contributed by atoms with Crippen LogP contribution in [-0.2, 0) is 23.8 Å². The minimum Gasteiger partial charge on any atom is -0.481 e. The third-order valence-corrected chi connectivity index (χ3v) is 11.0. The number of carboxylic acid groups (broad SMARTS) is 1. The van der Waals surface area contributed by atoms with Crippen LogP contribution in [0.15, 0.2) is 0 Å². The lowest BCUT2D eigenvalue weighted by Crippen LogP contribution is -2.62. The van der Waals surface area contributed by atoms with Gasteiger partial charge in [-0.15, -0.1) is 0 Å². The summed E-state index contributed by atoms with van der Waals surface area (Å²) in [4.78, 5) is 26.5. The SMILES string of the molecule is C[C@@]12C(=O)O[C@]3(CC[C@@H]1O[C@@H]1O[C@H](CO)[C@@H](O)[C@H](O)C1O)[C@@H]1CC[C@@H]4C[C@]1(C[C@@]4(C)O)[C@@H](C(=O)O)[C@@H]32. The van der Waals surface area contributed by atoms with Crippen molar-refractivity contribution in [1.29, 1.82) is 0 Å². The van der Waals surface area contributed by atoms with Gasteiger partial charge in [0.15, 0.2) is 6.29 Å². The number of carbonyl (C=O) groups is 2. The Bertz CT molecular complexity index is 968. The molecule has 6 N–H and O–H groups in total. The molecule has 11 nitrogen and oxygen atoms in total. The van der Waals surface area contributed by atoms with Gasteiger partial charge in [0.25, 0.3) is 0 Å². The van der Waals surface area contributed by atoms with E-state index >= 15 is 0 Å². The molecule has 1 unspecified atom stereocenters. The Morgan fingerprint density at radius 1 is 1.11 bits per heavy atom. The van der Waals surface area contributed by atoms with Crippen molar-refractivity contribution in [2.24, 2.45) is 34.5 Å². The first-order valence-electron chi connectivity index (χ1n) is 13.0. The molecular formula is C25H36O11. The number of esters is 1. The number of fused-ring (bicyclic) bond motifs is 1. The Labute approximate surface area is 208 Å². The lowest BCUT2D eigenvalue weighted by Gasteiger charge is -2.48. The van der Waals surface area contributed by atoms with E-state index in [1.54, 1.807) is 13.8 Å². The van der Waals surface area contributed by atoms with E-state index in [0.717, 1.165) is 6.42 Å². The topological polar surface area (TPSA) is 183 Å². The molecule has 202 valence electrons. The molecule has 6 fully saturated rings. The Hall–Kier alpha value is -1.34. The minimum absolute atomic E-state index is 0.00431. The molecule has 1 spiro atoms. The van der Waals surface area contributed by atoms with Gasteiger partial charge >= 0.3 is 11.9 Å². The number of aliphatic hydroxyl groups excluding tert-OH is 4. The summed E-state index contributed by atoms with van der Waals surface area (Å²) in [7, 11) is 0. The summed E-state index contributed by atoms with van der Waals surface area (Å²) in [6.45, 7) is 2.82. The third kappa shape index (κ3) is 2.82. The number of rotatable bonds is 4. The van der Waals surface area contributed by atoms with Gasteiger partial charge < -0.3 is 44.8 Å². The molecule has 0 aromatic rings. The van der Waals surface area contributed by atoms with Crippen LogP contribution >= 0.6 is 0 Å². The number of carboxylic acids is 1. The predicted octanol–water partition coefficient (Wildman–Crippen LogP) is -0.845. The maximum atomic E-state index is 13.6. The highest BCUT2D eigenvalue weighted by molar-refractivity contribution is 5.85. The van der Waals surface area contributed by atoms with Gasteiger partial charge in [0.05, 0.1) is 29.6 Å². The van der Waals surface area contributed by atoms with Crippen molar-refractivity contribution in [2.45, 2.75) is 100 Å². The molecule has 4 bridgehead atoms. The molecule has 0 amide bonds. The maximum Gasteiger partial charge on any atom is 0.315 e. The third-order valence-electron chi connectivity index (χ3n) is 11.0. The zero-order valence-electron chi connectivity index (χ0n) is 20.4. The van der Waals surface area contributed by atoms with Crippen LogP contribution in [0.3, 0.4) is 0 Å². The molecule has 2 heterocycles.